The fourth-order valence-electron chi connectivity index (χ4n) is 3.54. The van der Waals surface area contributed by atoms with Gasteiger partial charge in [-0.2, -0.15) is 0 Å². The van der Waals surface area contributed by atoms with Gasteiger partial charge in [0.15, 0.2) is 16.6 Å². The van der Waals surface area contributed by atoms with Crippen molar-refractivity contribution in [3.05, 3.63) is 90.3 Å². The molecular formula is C26H18Br2Cl2N2O4S. The van der Waals surface area contributed by atoms with Gasteiger partial charge in [0, 0.05) is 20.1 Å². The molecule has 1 N–H and O–H groups in total. The highest BCUT2D eigenvalue weighted by Crippen LogP contribution is 2.39. The van der Waals surface area contributed by atoms with Gasteiger partial charge in [0.2, 0.25) is 0 Å². The average molecular weight is 685 g/mol. The molecule has 0 spiro atoms. The van der Waals surface area contributed by atoms with E-state index in [1.54, 1.807) is 48.5 Å². The van der Waals surface area contributed by atoms with Crippen LogP contribution >= 0.6 is 67.3 Å². The molecule has 0 aliphatic carbocycles. The molecule has 0 radical (unpaired) electrons. The molecule has 1 aliphatic heterocycles. The maximum Gasteiger partial charge on any atom is 0.270 e. The van der Waals surface area contributed by atoms with E-state index in [0.29, 0.717) is 43.9 Å². The molecule has 11 heteroatoms. The lowest BCUT2D eigenvalue weighted by molar-refractivity contribution is -0.122. The minimum atomic E-state index is -0.590. The lowest BCUT2D eigenvalue weighted by Gasteiger charge is -2.29. The van der Waals surface area contributed by atoms with Crippen LogP contribution in [-0.2, 0) is 16.2 Å². The van der Waals surface area contributed by atoms with Crippen LogP contribution in [0.4, 0.5) is 5.69 Å². The monoisotopic (exact) mass is 682 g/mol. The van der Waals surface area contributed by atoms with Crippen LogP contribution in [0.3, 0.4) is 0 Å². The molecule has 0 bridgehead atoms. The molecule has 2 amide bonds. The summed E-state index contributed by atoms with van der Waals surface area (Å²) in [5.74, 6) is -0.255. The topological polar surface area (TPSA) is 67.9 Å². The standard InChI is InChI=1S/C26H18Br2Cl2N2O4S/c1-2-35-22-10-14(9-20(28)23(22)36-13-15-6-7-17(29)12-21(15)30)8-19-24(33)31-26(37)32(25(19)34)18-5-3-4-16(27)11-18/h3-12H,2,13H2,1H3,(H,31,33,37)/b19-8+. The third kappa shape index (κ3) is 6.35. The predicted molar refractivity (Wildman–Crippen MR) is 156 cm³/mol. The minimum absolute atomic E-state index is 0.00560. The van der Waals surface area contributed by atoms with Crippen molar-refractivity contribution in [2.75, 3.05) is 11.5 Å². The summed E-state index contributed by atoms with van der Waals surface area (Å²) in [6, 6.07) is 15.6. The van der Waals surface area contributed by atoms with Gasteiger partial charge >= 0.3 is 0 Å². The molecule has 3 aromatic rings. The molecule has 190 valence electrons. The van der Waals surface area contributed by atoms with Gasteiger partial charge in [-0.25, -0.2) is 0 Å². The number of carbonyl (C=O) groups excluding carboxylic acids is 2. The van der Waals surface area contributed by atoms with E-state index in [0.717, 1.165) is 10.0 Å². The number of hydrogen-bond acceptors (Lipinski definition) is 5. The van der Waals surface area contributed by atoms with Crippen molar-refractivity contribution < 1.29 is 19.1 Å². The third-order valence-electron chi connectivity index (χ3n) is 5.20. The molecule has 6 nitrogen and oxygen atoms in total. The summed E-state index contributed by atoms with van der Waals surface area (Å²) in [7, 11) is 0. The third-order valence-corrected chi connectivity index (χ3v) is 7.15. The van der Waals surface area contributed by atoms with Crippen molar-refractivity contribution in [2.24, 2.45) is 0 Å². The van der Waals surface area contributed by atoms with Crippen LogP contribution in [0, 0.1) is 0 Å². The van der Waals surface area contributed by atoms with Gasteiger partial charge in [-0.05, 0) is 89.2 Å². The van der Waals surface area contributed by atoms with Crippen molar-refractivity contribution in [1.82, 2.24) is 5.32 Å². The van der Waals surface area contributed by atoms with E-state index in [9.17, 15) is 9.59 Å². The van der Waals surface area contributed by atoms with Crippen molar-refractivity contribution in [3.63, 3.8) is 0 Å². The van der Waals surface area contributed by atoms with E-state index < -0.39 is 11.8 Å². The first-order chi connectivity index (χ1) is 17.7. The Hall–Kier alpha value is -2.43. The molecule has 0 aromatic heterocycles. The van der Waals surface area contributed by atoms with Crippen molar-refractivity contribution >= 4 is 96.0 Å². The van der Waals surface area contributed by atoms with E-state index in [-0.39, 0.29) is 17.3 Å². The number of nitrogens with one attached hydrogen (secondary N) is 1. The van der Waals surface area contributed by atoms with E-state index in [2.05, 4.69) is 37.2 Å². The first-order valence-corrected chi connectivity index (χ1v) is 13.6. The predicted octanol–water partition coefficient (Wildman–Crippen LogP) is 7.33. The Labute approximate surface area is 245 Å². The second-order valence-corrected chi connectivity index (χ2v) is 10.7. The van der Waals surface area contributed by atoms with Gasteiger partial charge < -0.3 is 9.47 Å². The first-order valence-electron chi connectivity index (χ1n) is 10.9. The Morgan fingerprint density at radius 2 is 1.84 bits per heavy atom. The summed E-state index contributed by atoms with van der Waals surface area (Å²) < 4.78 is 13.2. The number of amides is 2. The Balaban J connectivity index is 1.66. The zero-order valence-corrected chi connectivity index (χ0v) is 24.7. The highest BCUT2D eigenvalue weighted by Gasteiger charge is 2.34. The van der Waals surface area contributed by atoms with Crippen LogP contribution in [0.25, 0.3) is 6.08 Å². The molecular weight excluding hydrogens is 667 g/mol. The first kappa shape index (κ1) is 27.6. The molecule has 1 heterocycles. The van der Waals surface area contributed by atoms with Gasteiger partial charge in [0.05, 0.1) is 16.8 Å². The Morgan fingerprint density at radius 1 is 1.05 bits per heavy atom. The summed E-state index contributed by atoms with van der Waals surface area (Å²) in [6.07, 6.45) is 1.48. The number of anilines is 1. The average Bonchev–Trinajstić information content (AvgIpc) is 2.82. The molecule has 1 fully saturated rings. The van der Waals surface area contributed by atoms with E-state index >= 15 is 0 Å². The molecule has 3 aromatic carbocycles. The second kappa shape index (κ2) is 12.0. The van der Waals surface area contributed by atoms with Gasteiger partial charge in [0.25, 0.3) is 11.8 Å². The largest absolute Gasteiger partial charge is 0.490 e. The van der Waals surface area contributed by atoms with Crippen LogP contribution in [0.2, 0.25) is 10.0 Å². The fourth-order valence-corrected chi connectivity index (χ4v) is 5.24. The molecule has 1 saturated heterocycles. The van der Waals surface area contributed by atoms with Gasteiger partial charge in [-0.3, -0.25) is 19.8 Å². The number of thiocarbonyl (C=S) groups is 1. The number of hydrogen-bond donors (Lipinski definition) is 1. The second-order valence-electron chi connectivity index (χ2n) is 7.73. The van der Waals surface area contributed by atoms with Crippen LogP contribution in [-0.4, -0.2) is 23.5 Å². The number of carbonyl (C=O) groups is 2. The summed E-state index contributed by atoms with van der Waals surface area (Å²) in [4.78, 5) is 27.3. The van der Waals surface area contributed by atoms with Crippen LogP contribution in [0.15, 0.2) is 69.1 Å². The highest BCUT2D eigenvalue weighted by molar-refractivity contribution is 9.10. The number of nitrogens with zero attached hydrogens (tertiary/aromatic N) is 1. The normalized spacial score (nSPS) is 14.7. The molecule has 0 saturated carbocycles. The van der Waals surface area contributed by atoms with Crippen LogP contribution < -0.4 is 19.7 Å². The number of ether oxygens (including phenoxy) is 2. The zero-order valence-electron chi connectivity index (χ0n) is 19.2. The lowest BCUT2D eigenvalue weighted by atomic mass is 10.1. The van der Waals surface area contributed by atoms with Crippen molar-refractivity contribution in [3.8, 4) is 11.5 Å². The molecule has 37 heavy (non-hydrogen) atoms. The summed E-state index contributed by atoms with van der Waals surface area (Å²) in [6.45, 7) is 2.39. The van der Waals surface area contributed by atoms with Crippen LogP contribution in [0.1, 0.15) is 18.1 Å². The zero-order chi connectivity index (χ0) is 26.7. The molecule has 0 unspecified atom stereocenters. The smallest absolute Gasteiger partial charge is 0.270 e. The van der Waals surface area contributed by atoms with Crippen LogP contribution in [0.5, 0.6) is 11.5 Å². The number of benzene rings is 3. The Bertz CT molecular complexity index is 1450. The lowest BCUT2D eigenvalue weighted by Crippen LogP contribution is -2.54. The van der Waals surface area contributed by atoms with E-state index in [1.807, 2.05) is 13.0 Å². The SMILES string of the molecule is CCOc1cc(/C=C2\C(=O)NC(=S)N(c3cccc(Br)c3)C2=O)cc(Br)c1OCc1ccc(Cl)cc1Cl. The highest BCUT2D eigenvalue weighted by atomic mass is 79.9. The number of rotatable bonds is 7. The van der Waals surface area contributed by atoms with Gasteiger partial charge in [-0.1, -0.05) is 51.3 Å². The van der Waals surface area contributed by atoms with Crippen molar-refractivity contribution in [1.29, 1.82) is 0 Å². The van der Waals surface area contributed by atoms with Gasteiger partial charge in [0.1, 0.15) is 12.2 Å². The van der Waals surface area contributed by atoms with E-state index in [4.69, 9.17) is 44.9 Å². The molecule has 0 atom stereocenters. The summed E-state index contributed by atoms with van der Waals surface area (Å²) in [5.41, 5.74) is 1.74. The Kier molecular flexibility index (Phi) is 8.92. The quantitative estimate of drug-likeness (QED) is 0.160. The fraction of sp³-hybridized carbons (Fsp3) is 0.115. The maximum absolute atomic E-state index is 13.3. The van der Waals surface area contributed by atoms with Crippen molar-refractivity contribution in [2.45, 2.75) is 13.5 Å². The summed E-state index contributed by atoms with van der Waals surface area (Å²) >= 11 is 24.4. The number of halogens is 4. The Morgan fingerprint density at radius 3 is 2.54 bits per heavy atom. The van der Waals surface area contributed by atoms with Gasteiger partial charge in [-0.15, -0.1) is 0 Å². The minimum Gasteiger partial charge on any atom is -0.490 e. The molecule has 1 aliphatic rings. The summed E-state index contributed by atoms with van der Waals surface area (Å²) in [5, 5.41) is 3.61. The van der Waals surface area contributed by atoms with E-state index in [1.165, 1.54) is 11.0 Å². The molecule has 4 rings (SSSR count). The maximum atomic E-state index is 13.3.